The first kappa shape index (κ1) is 8.19. The van der Waals surface area contributed by atoms with Gasteiger partial charge in [-0.15, -0.1) is 10.0 Å². The molecule has 0 heterocycles. The maximum absolute atomic E-state index is 10.6. The maximum Gasteiger partial charge on any atom is 0.173 e. The van der Waals surface area contributed by atoms with Crippen LogP contribution in [0, 0.1) is 4.91 Å². The van der Waals surface area contributed by atoms with Crippen LogP contribution in [0.25, 0.3) is 0 Å². The van der Waals surface area contributed by atoms with E-state index in [2.05, 4.69) is 5.18 Å². The fourth-order valence-electron chi connectivity index (χ4n) is 0.641. The Kier molecular flexibility index (Phi) is 2.58. The fourth-order valence-corrected chi connectivity index (χ4v) is 1.05. The molecule has 0 radical (unpaired) electrons. The molecule has 1 atom stereocenters. The van der Waals surface area contributed by atoms with Gasteiger partial charge in [-0.3, -0.25) is 0 Å². The summed E-state index contributed by atoms with van der Waals surface area (Å²) in [4.78, 5) is 10.4. The quantitative estimate of drug-likeness (QED) is 0.532. The van der Waals surface area contributed by atoms with Gasteiger partial charge < -0.3 is 4.55 Å². The molecule has 0 amide bonds. The second-order valence-corrected chi connectivity index (χ2v) is 2.95. The molecular weight excluding hydrogens is 164 g/mol. The number of rotatable bonds is 2. The largest absolute Gasteiger partial charge is 0.593 e. The van der Waals surface area contributed by atoms with E-state index in [1.807, 2.05) is 0 Å². The predicted octanol–water partition coefficient (Wildman–Crippen LogP) is 1.07. The van der Waals surface area contributed by atoms with Crippen molar-refractivity contribution in [2.75, 3.05) is 0 Å². The fraction of sp³-hybridized carbons (Fsp3) is 0. The van der Waals surface area contributed by atoms with Gasteiger partial charge in [0.2, 0.25) is 0 Å². The Bertz CT molecular complexity index is 247. The van der Waals surface area contributed by atoms with Crippen molar-refractivity contribution in [3.63, 3.8) is 0 Å². The Morgan fingerprint density at radius 3 is 2.27 bits per heavy atom. The van der Waals surface area contributed by atoms with Crippen LogP contribution in [0.2, 0.25) is 0 Å². The Morgan fingerprint density at radius 2 is 1.91 bits per heavy atom. The molecule has 1 unspecified atom stereocenters. The molecule has 0 spiro atoms. The predicted molar refractivity (Wildman–Crippen MR) is 42.5 cm³/mol. The molecule has 0 aromatic heterocycles. The van der Waals surface area contributed by atoms with Crippen molar-refractivity contribution in [3.8, 4) is 0 Å². The van der Waals surface area contributed by atoms with Crippen molar-refractivity contribution in [2.45, 2.75) is 4.90 Å². The van der Waals surface area contributed by atoms with E-state index >= 15 is 0 Å². The summed E-state index contributed by atoms with van der Waals surface area (Å²) in [5, 5.41) is 7.75. The summed E-state index contributed by atoms with van der Waals surface area (Å²) in [5.41, 5.74) is 0.305. The molecule has 11 heavy (non-hydrogen) atoms. The lowest BCUT2D eigenvalue weighted by atomic mass is 10.3. The van der Waals surface area contributed by atoms with E-state index in [4.69, 9.17) is 5.14 Å². The van der Waals surface area contributed by atoms with Crippen molar-refractivity contribution >= 4 is 17.0 Å². The molecule has 58 valence electrons. The highest BCUT2D eigenvalue weighted by molar-refractivity contribution is 7.89. The average molecular weight is 170 g/mol. The van der Waals surface area contributed by atoms with Crippen LogP contribution in [0.1, 0.15) is 0 Å². The first-order valence-corrected chi connectivity index (χ1v) is 4.05. The molecule has 4 nitrogen and oxygen atoms in total. The Hall–Kier alpha value is -0.910. The standard InChI is InChI=1S/C6H6N2O2S/c7-11(10)6-3-1-5(8-9)2-4-6/h1-4H,7H2. The molecule has 0 aliphatic heterocycles. The van der Waals surface area contributed by atoms with Crippen LogP contribution in [0.4, 0.5) is 5.69 Å². The van der Waals surface area contributed by atoms with Gasteiger partial charge in [-0.1, -0.05) is 0 Å². The molecule has 0 aliphatic carbocycles. The SMILES string of the molecule is N[S+]([O-])c1ccc(N=O)cc1. The summed E-state index contributed by atoms with van der Waals surface area (Å²) < 4.78 is 10.6. The smallest absolute Gasteiger partial charge is 0.173 e. The Balaban J connectivity index is 2.91. The number of hydrogen-bond donors (Lipinski definition) is 1. The van der Waals surface area contributed by atoms with E-state index in [0.29, 0.717) is 10.6 Å². The second kappa shape index (κ2) is 3.47. The van der Waals surface area contributed by atoms with Gasteiger partial charge in [0.1, 0.15) is 5.69 Å². The van der Waals surface area contributed by atoms with Crippen molar-refractivity contribution < 1.29 is 4.55 Å². The van der Waals surface area contributed by atoms with Crippen LogP contribution in [0.5, 0.6) is 0 Å². The van der Waals surface area contributed by atoms with Crippen LogP contribution in [-0.4, -0.2) is 4.55 Å². The first-order valence-electron chi connectivity index (χ1n) is 2.83. The molecule has 0 saturated carbocycles. The molecule has 1 rings (SSSR count). The van der Waals surface area contributed by atoms with Gasteiger partial charge in [0.15, 0.2) is 4.90 Å². The molecule has 0 bridgehead atoms. The summed E-state index contributed by atoms with van der Waals surface area (Å²) in [5.74, 6) is 0. The minimum absolute atomic E-state index is 0.305. The highest BCUT2D eigenvalue weighted by atomic mass is 32.2. The third kappa shape index (κ3) is 2.01. The molecule has 2 N–H and O–H groups in total. The normalized spacial score (nSPS) is 12.5. The van der Waals surface area contributed by atoms with E-state index in [1.54, 1.807) is 0 Å². The van der Waals surface area contributed by atoms with E-state index in [1.165, 1.54) is 24.3 Å². The third-order valence-electron chi connectivity index (χ3n) is 1.17. The third-order valence-corrected chi connectivity index (χ3v) is 1.91. The Morgan fingerprint density at radius 1 is 1.36 bits per heavy atom. The zero-order valence-corrected chi connectivity index (χ0v) is 6.38. The highest BCUT2D eigenvalue weighted by Gasteiger charge is 2.03. The van der Waals surface area contributed by atoms with Gasteiger partial charge in [-0.2, -0.15) is 0 Å². The zero-order valence-electron chi connectivity index (χ0n) is 5.56. The zero-order chi connectivity index (χ0) is 8.27. The summed E-state index contributed by atoms with van der Waals surface area (Å²) in [6.07, 6.45) is 0. The minimum Gasteiger partial charge on any atom is -0.593 e. The second-order valence-electron chi connectivity index (χ2n) is 1.88. The van der Waals surface area contributed by atoms with Gasteiger partial charge in [0.25, 0.3) is 0 Å². The van der Waals surface area contributed by atoms with E-state index in [0.717, 1.165) is 0 Å². The molecule has 0 aliphatic rings. The molecule has 1 aromatic rings. The first-order chi connectivity index (χ1) is 5.24. The molecule has 5 heteroatoms. The highest BCUT2D eigenvalue weighted by Crippen LogP contribution is 2.14. The van der Waals surface area contributed by atoms with Crippen molar-refractivity contribution in [3.05, 3.63) is 29.2 Å². The maximum atomic E-state index is 10.6. The van der Waals surface area contributed by atoms with E-state index < -0.39 is 11.4 Å². The molecule has 0 saturated heterocycles. The lowest BCUT2D eigenvalue weighted by Crippen LogP contribution is -2.11. The lowest BCUT2D eigenvalue weighted by molar-refractivity contribution is 0.597. The molecule has 0 fully saturated rings. The number of nitrogens with two attached hydrogens (primary N) is 1. The minimum atomic E-state index is -1.48. The lowest BCUT2D eigenvalue weighted by Gasteiger charge is -2.00. The van der Waals surface area contributed by atoms with Crippen LogP contribution < -0.4 is 5.14 Å². The summed E-state index contributed by atoms with van der Waals surface area (Å²) >= 11 is -1.48. The summed E-state index contributed by atoms with van der Waals surface area (Å²) in [6.45, 7) is 0. The molecule has 1 aromatic carbocycles. The number of nitroso groups, excluding NO2 is 1. The average Bonchev–Trinajstić information content (AvgIpc) is 2.05. The number of hydrogen-bond acceptors (Lipinski definition) is 4. The van der Waals surface area contributed by atoms with Crippen molar-refractivity contribution in [1.82, 2.24) is 0 Å². The monoisotopic (exact) mass is 170 g/mol. The van der Waals surface area contributed by atoms with Gasteiger partial charge >= 0.3 is 0 Å². The van der Waals surface area contributed by atoms with Crippen LogP contribution in [0.3, 0.4) is 0 Å². The van der Waals surface area contributed by atoms with Crippen LogP contribution in [0.15, 0.2) is 34.3 Å². The molecular formula is C6H6N2O2S. The van der Waals surface area contributed by atoms with Crippen molar-refractivity contribution in [2.24, 2.45) is 10.3 Å². The summed E-state index contributed by atoms with van der Waals surface area (Å²) in [7, 11) is 0. The number of benzene rings is 1. The van der Waals surface area contributed by atoms with Crippen LogP contribution in [-0.2, 0) is 11.4 Å². The van der Waals surface area contributed by atoms with E-state index in [9.17, 15) is 9.46 Å². The van der Waals surface area contributed by atoms with Crippen molar-refractivity contribution in [1.29, 1.82) is 0 Å². The van der Waals surface area contributed by atoms with E-state index in [-0.39, 0.29) is 0 Å². The van der Waals surface area contributed by atoms with Gasteiger partial charge in [-0.05, 0) is 29.4 Å². The van der Waals surface area contributed by atoms with Crippen LogP contribution >= 0.6 is 0 Å². The summed E-state index contributed by atoms with van der Waals surface area (Å²) in [6, 6.07) is 5.94. The van der Waals surface area contributed by atoms with Gasteiger partial charge in [0.05, 0.1) is 11.4 Å². The van der Waals surface area contributed by atoms with Gasteiger partial charge in [-0.25, -0.2) is 0 Å². The van der Waals surface area contributed by atoms with Gasteiger partial charge in [0, 0.05) is 0 Å². The Labute approximate surface area is 66.7 Å². The number of nitrogens with zero attached hydrogens (tertiary/aromatic N) is 1. The topological polar surface area (TPSA) is 78.5 Å².